The average molecular weight is 961 g/mol. The summed E-state index contributed by atoms with van der Waals surface area (Å²) in [6, 6.07) is 7.32. The Labute approximate surface area is 407 Å². The second-order valence-electron chi connectivity index (χ2n) is 21.5. The predicted octanol–water partition coefficient (Wildman–Crippen LogP) is 5.27. The summed E-state index contributed by atoms with van der Waals surface area (Å²) in [5.74, 6) is -2.79. The Bertz CT molecular complexity index is 2770. The molecule has 7 unspecified atom stereocenters. The number of nitrogens with zero attached hydrogens (tertiary/aromatic N) is 1. The number of allylic oxidation sites excluding steroid dienone is 4. The number of aliphatic imine (C=N–C) groups is 1. The summed E-state index contributed by atoms with van der Waals surface area (Å²) in [6.07, 6.45) is 3.50. The van der Waals surface area contributed by atoms with E-state index in [4.69, 9.17) is 28.7 Å². The van der Waals surface area contributed by atoms with Gasteiger partial charge in [0.05, 0.1) is 47.3 Å². The molecule has 5 aliphatic heterocycles. The van der Waals surface area contributed by atoms with Crippen molar-refractivity contribution in [2.45, 2.75) is 141 Å². The van der Waals surface area contributed by atoms with Crippen LogP contribution in [0.2, 0.25) is 0 Å². The number of fused-ring (bicyclic) bond motifs is 6. The molecule has 4 aliphatic carbocycles. The van der Waals surface area contributed by atoms with Crippen molar-refractivity contribution < 1.29 is 63.6 Å². The van der Waals surface area contributed by atoms with Crippen molar-refractivity contribution in [2.24, 2.45) is 28.7 Å². The predicted molar refractivity (Wildman–Crippen MR) is 258 cm³/mol. The molecular formula is C55H64N2O13. The molecule has 11 rings (SSSR count). The van der Waals surface area contributed by atoms with E-state index in [0.29, 0.717) is 75.4 Å². The number of benzene rings is 2. The van der Waals surface area contributed by atoms with E-state index in [1.165, 1.54) is 0 Å². The highest BCUT2D eigenvalue weighted by atomic mass is 16.7. The summed E-state index contributed by atoms with van der Waals surface area (Å²) >= 11 is 0. The van der Waals surface area contributed by atoms with Crippen molar-refractivity contribution in [3.63, 3.8) is 0 Å². The SMILES string of the molecule is CC(C)=CCCC1(C)C=Cc2c(c(CC=C(C)C)c3c(c2O[C@@H]2O[C@H](CO)[C@@H](O)[C@H](O)[C@H]2O)C2=C4C(C5CC6C(C)(C)OC(CC=C(C)C(=O)NCCO)(C5=O)C46O3)C3C(=O)c4ccccc4C3=N2)O1. The maximum absolute atomic E-state index is 16.0. The fraction of sp³-hybridized carbons (Fsp3) is 0.527. The zero-order chi connectivity index (χ0) is 50.0. The minimum Gasteiger partial charge on any atom is -0.482 e. The molecule has 2 saturated heterocycles. The molecule has 0 aromatic heterocycles. The van der Waals surface area contributed by atoms with Gasteiger partial charge in [0.1, 0.15) is 47.3 Å². The summed E-state index contributed by atoms with van der Waals surface area (Å²) in [7, 11) is 0. The molecule has 70 heavy (non-hydrogen) atoms. The molecule has 15 nitrogen and oxygen atoms in total. The highest BCUT2D eigenvalue weighted by Gasteiger charge is 2.84. The first-order chi connectivity index (χ1) is 33.2. The van der Waals surface area contributed by atoms with Crippen LogP contribution in [0.15, 0.2) is 75.9 Å². The van der Waals surface area contributed by atoms with Gasteiger partial charge < -0.3 is 54.5 Å². The summed E-state index contributed by atoms with van der Waals surface area (Å²) < 4.78 is 35.3. The number of carbonyl (C=O) groups is 3. The lowest BCUT2D eigenvalue weighted by molar-refractivity contribution is -0.277. The van der Waals surface area contributed by atoms with E-state index in [0.717, 1.165) is 11.1 Å². The van der Waals surface area contributed by atoms with Crippen molar-refractivity contribution in [2.75, 3.05) is 19.8 Å². The average Bonchev–Trinajstić information content (AvgIpc) is 3.68. The van der Waals surface area contributed by atoms with Gasteiger partial charge in [-0.2, -0.15) is 0 Å². The third kappa shape index (κ3) is 7.01. The summed E-state index contributed by atoms with van der Waals surface area (Å²) in [4.78, 5) is 49.8. The number of ketones is 2. The van der Waals surface area contributed by atoms with E-state index in [9.17, 15) is 35.1 Å². The third-order valence-electron chi connectivity index (χ3n) is 16.0. The van der Waals surface area contributed by atoms with E-state index in [2.05, 4.69) is 17.5 Å². The Morgan fingerprint density at radius 1 is 0.929 bits per heavy atom. The first kappa shape index (κ1) is 48.4. The lowest BCUT2D eigenvalue weighted by Crippen LogP contribution is -2.75. The normalized spacial score (nSPS) is 34.6. The number of rotatable bonds is 13. The monoisotopic (exact) mass is 960 g/mol. The van der Waals surface area contributed by atoms with E-state index in [1.807, 2.05) is 78.8 Å². The number of carbonyl (C=O) groups excluding carboxylic acids is 3. The molecule has 0 radical (unpaired) electrons. The smallest absolute Gasteiger partial charge is 0.246 e. The van der Waals surface area contributed by atoms with E-state index < -0.39 is 89.3 Å². The van der Waals surface area contributed by atoms with Crippen LogP contribution in [0.3, 0.4) is 0 Å². The van der Waals surface area contributed by atoms with Crippen LogP contribution in [-0.4, -0.2) is 122 Å². The number of amides is 1. The van der Waals surface area contributed by atoms with Gasteiger partial charge in [0, 0.05) is 58.6 Å². The van der Waals surface area contributed by atoms with Gasteiger partial charge in [0.25, 0.3) is 0 Å². The summed E-state index contributed by atoms with van der Waals surface area (Å²) in [6.45, 7) is 14.7. The second-order valence-corrected chi connectivity index (χ2v) is 21.5. The van der Waals surface area contributed by atoms with Crippen molar-refractivity contribution in [1.29, 1.82) is 0 Å². The molecular weight excluding hydrogens is 897 g/mol. The van der Waals surface area contributed by atoms with Crippen LogP contribution in [0.25, 0.3) is 11.8 Å². The Morgan fingerprint density at radius 2 is 1.66 bits per heavy atom. The molecule has 2 aromatic rings. The Kier molecular flexibility index (Phi) is 11.9. The molecule has 3 saturated carbocycles. The van der Waals surface area contributed by atoms with Crippen LogP contribution >= 0.6 is 0 Å². The molecule has 1 amide bonds. The molecule has 5 fully saturated rings. The first-order valence-electron chi connectivity index (χ1n) is 24.6. The van der Waals surface area contributed by atoms with Gasteiger partial charge in [-0.05, 0) is 93.2 Å². The topological polar surface area (TPSA) is 223 Å². The van der Waals surface area contributed by atoms with Gasteiger partial charge >= 0.3 is 0 Å². The fourth-order valence-electron chi connectivity index (χ4n) is 12.7. The number of aliphatic hydroxyl groups excluding tert-OH is 5. The van der Waals surface area contributed by atoms with Gasteiger partial charge in [-0.3, -0.25) is 19.4 Å². The highest BCUT2D eigenvalue weighted by Crippen LogP contribution is 2.74. The molecule has 4 bridgehead atoms. The number of ether oxygens (including phenoxy) is 5. The lowest BCUT2D eigenvalue weighted by Gasteiger charge is -2.62. The van der Waals surface area contributed by atoms with Crippen molar-refractivity contribution >= 4 is 35.0 Å². The van der Waals surface area contributed by atoms with E-state index in [-0.39, 0.29) is 49.1 Å². The Morgan fingerprint density at radius 3 is 2.36 bits per heavy atom. The fourth-order valence-corrected chi connectivity index (χ4v) is 12.7. The maximum atomic E-state index is 16.0. The molecule has 6 N–H and O–H groups in total. The molecule has 9 aliphatic rings. The summed E-state index contributed by atoms with van der Waals surface area (Å²) in [5, 5.41) is 56.1. The molecule has 5 heterocycles. The molecule has 1 spiro atoms. The molecule has 12 atom stereocenters. The third-order valence-corrected chi connectivity index (χ3v) is 16.0. The lowest BCUT2D eigenvalue weighted by atomic mass is 9.43. The van der Waals surface area contributed by atoms with Crippen LogP contribution in [0, 0.1) is 23.7 Å². The largest absolute Gasteiger partial charge is 0.482 e. The van der Waals surface area contributed by atoms with Crippen molar-refractivity contribution in [1.82, 2.24) is 5.32 Å². The van der Waals surface area contributed by atoms with Crippen LogP contribution in [-0.2, 0) is 25.5 Å². The first-order valence-corrected chi connectivity index (χ1v) is 24.6. The van der Waals surface area contributed by atoms with Crippen LogP contribution in [0.5, 0.6) is 17.2 Å². The van der Waals surface area contributed by atoms with E-state index >= 15 is 4.79 Å². The van der Waals surface area contributed by atoms with Crippen LogP contribution in [0.1, 0.15) is 114 Å². The number of hydrogen-bond acceptors (Lipinski definition) is 14. The van der Waals surface area contributed by atoms with E-state index in [1.54, 1.807) is 19.1 Å². The van der Waals surface area contributed by atoms with Gasteiger partial charge in [-0.25, -0.2) is 0 Å². The Balaban J connectivity index is 1.30. The van der Waals surface area contributed by atoms with Gasteiger partial charge in [-0.1, -0.05) is 53.6 Å². The minimum atomic E-state index is -1.79. The second kappa shape index (κ2) is 17.2. The number of nitrogens with one attached hydrogen (secondary N) is 1. The number of aliphatic hydroxyl groups is 5. The minimum absolute atomic E-state index is 0.0409. The Hall–Kier alpha value is -5.26. The summed E-state index contributed by atoms with van der Waals surface area (Å²) in [5.41, 5.74) is 1.39. The van der Waals surface area contributed by atoms with Crippen molar-refractivity contribution in [3.05, 3.63) is 98.7 Å². The highest BCUT2D eigenvalue weighted by molar-refractivity contribution is 6.31. The molecule has 2 aromatic carbocycles. The zero-order valence-corrected chi connectivity index (χ0v) is 41.0. The van der Waals surface area contributed by atoms with Crippen LogP contribution in [0.4, 0.5) is 0 Å². The van der Waals surface area contributed by atoms with Gasteiger partial charge in [-0.15, -0.1) is 0 Å². The number of Topliss-reactive ketones (excluding diaryl/α,β-unsaturated/α-hetero) is 2. The number of hydrogen-bond donors (Lipinski definition) is 6. The molecule has 15 heteroatoms. The van der Waals surface area contributed by atoms with Gasteiger partial charge in [0.2, 0.25) is 12.2 Å². The molecule has 372 valence electrons. The maximum Gasteiger partial charge on any atom is 0.246 e. The standard InChI is InChI=1S/C55H64N2O13/c1-26(2)12-11-19-53(8)20-18-32-46(68-53)31(16-15-27(3)4)48-38(47(32)67-51-45(63)44(62)43(61)34(25-59)66-51)41-39-36(37-40(57-41)29-13-9-10-14-30(29)42(37)60)33-24-35-52(6,7)70-54(49(33)64,55(35,39)69-48)21-17-28(5)50(65)56-22-23-58/h9-10,12-15,17-18,20,33-37,43-45,51,58-59,61-63H,11,16,19,21-25H2,1-8H3,(H,56,65)/t33?,34-,35?,36?,37?,43-,44+,45-,51+,53?,54?,55?/m1/s1. The zero-order valence-electron chi connectivity index (χ0n) is 41.0. The van der Waals surface area contributed by atoms with Gasteiger partial charge in [0.15, 0.2) is 22.8 Å². The van der Waals surface area contributed by atoms with Crippen molar-refractivity contribution in [3.8, 4) is 17.2 Å². The quantitative estimate of drug-likeness (QED) is 0.111. The van der Waals surface area contributed by atoms with Crippen LogP contribution < -0.4 is 19.5 Å².